The lowest BCUT2D eigenvalue weighted by Gasteiger charge is -1.90. The number of epoxide rings is 1. The molecule has 1 fully saturated rings. The Labute approximate surface area is 65.5 Å². The molecule has 56 valence electrons. The summed E-state index contributed by atoms with van der Waals surface area (Å²) in [7, 11) is 0. The smallest absolute Gasteiger partial charge is 0.113 e. The van der Waals surface area contributed by atoms with E-state index in [0.717, 1.165) is 0 Å². The lowest BCUT2D eigenvalue weighted by atomic mass is 10.1. The van der Waals surface area contributed by atoms with Gasteiger partial charge in [-0.25, -0.2) is 0 Å². The molecule has 1 aliphatic rings. The topological polar surface area (TPSA) is 25.4 Å². The van der Waals surface area contributed by atoms with E-state index in [2.05, 4.69) is 11.6 Å². The zero-order valence-corrected chi connectivity index (χ0v) is 6.10. The summed E-state index contributed by atoms with van der Waals surface area (Å²) >= 11 is 0. The van der Waals surface area contributed by atoms with Crippen LogP contribution >= 0.6 is 0 Å². The summed E-state index contributed by atoms with van der Waals surface area (Å²) in [5.74, 6) is 0. The Kier molecular flexibility index (Phi) is 1.47. The first-order valence-corrected chi connectivity index (χ1v) is 3.60. The molecule has 0 aromatic carbocycles. The third kappa shape index (κ3) is 1.17. The molecule has 0 unspecified atom stereocenters. The number of nitrogens with zero attached hydrogens (tertiary/aromatic N) is 1. The molecule has 0 aliphatic carbocycles. The number of ether oxygens (including phenoxy) is 1. The van der Waals surface area contributed by atoms with E-state index in [1.165, 1.54) is 5.56 Å². The predicted molar refractivity (Wildman–Crippen MR) is 42.0 cm³/mol. The first-order valence-electron chi connectivity index (χ1n) is 3.60. The number of pyridine rings is 1. The van der Waals surface area contributed by atoms with Gasteiger partial charge >= 0.3 is 0 Å². The fraction of sp³-hybridized carbons (Fsp3) is 0.222. The lowest BCUT2D eigenvalue weighted by Crippen LogP contribution is -1.83. The molecule has 1 aromatic heterocycles. The first kappa shape index (κ1) is 6.55. The van der Waals surface area contributed by atoms with Crippen LogP contribution in [0.15, 0.2) is 37.2 Å². The number of aromatic nitrogens is 1. The molecule has 2 rings (SSSR count). The summed E-state index contributed by atoms with van der Waals surface area (Å²) in [5.41, 5.74) is 1.19. The minimum Gasteiger partial charge on any atom is -0.360 e. The molecule has 2 heteroatoms. The van der Waals surface area contributed by atoms with Gasteiger partial charge in [0.15, 0.2) is 0 Å². The van der Waals surface area contributed by atoms with Gasteiger partial charge in [-0.2, -0.15) is 0 Å². The summed E-state index contributed by atoms with van der Waals surface area (Å²) in [6.45, 7) is 3.66. The average molecular weight is 147 g/mol. The zero-order valence-electron chi connectivity index (χ0n) is 6.10. The molecule has 1 aliphatic heterocycles. The van der Waals surface area contributed by atoms with E-state index in [-0.39, 0.29) is 12.2 Å². The fourth-order valence-electron chi connectivity index (χ4n) is 1.12. The Morgan fingerprint density at radius 1 is 1.45 bits per heavy atom. The molecule has 0 saturated carbocycles. The highest BCUT2D eigenvalue weighted by molar-refractivity contribution is 5.21. The summed E-state index contributed by atoms with van der Waals surface area (Å²) < 4.78 is 5.31. The molecule has 0 bridgehead atoms. The number of hydrogen-bond donors (Lipinski definition) is 0. The SMILES string of the molecule is C=C[C@@H]1O[C@@H]1c1ccncc1. The van der Waals surface area contributed by atoms with E-state index >= 15 is 0 Å². The van der Waals surface area contributed by atoms with Crippen molar-refractivity contribution in [3.05, 3.63) is 42.7 Å². The van der Waals surface area contributed by atoms with Crippen molar-refractivity contribution in [2.24, 2.45) is 0 Å². The van der Waals surface area contributed by atoms with Crippen LogP contribution in [0.4, 0.5) is 0 Å². The van der Waals surface area contributed by atoms with E-state index in [0.29, 0.717) is 0 Å². The fourth-order valence-corrected chi connectivity index (χ4v) is 1.12. The normalized spacial score (nSPS) is 28.0. The van der Waals surface area contributed by atoms with Crippen LogP contribution in [0.5, 0.6) is 0 Å². The number of hydrogen-bond acceptors (Lipinski definition) is 2. The second kappa shape index (κ2) is 2.47. The quantitative estimate of drug-likeness (QED) is 0.470. The van der Waals surface area contributed by atoms with Crippen LogP contribution in [0.1, 0.15) is 11.7 Å². The predicted octanol–water partition coefficient (Wildman–Crippen LogP) is 1.71. The molecule has 2 nitrogen and oxygen atoms in total. The Bertz CT molecular complexity index is 258. The van der Waals surface area contributed by atoms with Crippen molar-refractivity contribution in [2.75, 3.05) is 0 Å². The van der Waals surface area contributed by atoms with Gasteiger partial charge in [-0.05, 0) is 17.7 Å². The second-order valence-electron chi connectivity index (χ2n) is 2.54. The summed E-state index contributed by atoms with van der Waals surface area (Å²) in [6.07, 6.45) is 5.83. The molecule has 0 N–H and O–H groups in total. The van der Waals surface area contributed by atoms with Crippen LogP contribution in [-0.2, 0) is 4.74 Å². The van der Waals surface area contributed by atoms with Gasteiger partial charge in [0.25, 0.3) is 0 Å². The Balaban J connectivity index is 2.14. The van der Waals surface area contributed by atoms with Gasteiger partial charge in [0.05, 0.1) is 0 Å². The van der Waals surface area contributed by atoms with Gasteiger partial charge in [-0.15, -0.1) is 6.58 Å². The highest BCUT2D eigenvalue weighted by Gasteiger charge is 2.37. The Hall–Kier alpha value is -1.15. The van der Waals surface area contributed by atoms with Gasteiger partial charge in [-0.1, -0.05) is 6.08 Å². The van der Waals surface area contributed by atoms with E-state index < -0.39 is 0 Å². The molecule has 0 radical (unpaired) electrons. The molecule has 2 heterocycles. The Morgan fingerprint density at radius 3 is 2.73 bits per heavy atom. The van der Waals surface area contributed by atoms with E-state index in [1.807, 2.05) is 18.2 Å². The van der Waals surface area contributed by atoms with Gasteiger partial charge in [0.2, 0.25) is 0 Å². The molecular weight excluding hydrogens is 138 g/mol. The summed E-state index contributed by atoms with van der Waals surface area (Å²) in [5, 5.41) is 0. The molecule has 11 heavy (non-hydrogen) atoms. The van der Waals surface area contributed by atoms with Crippen molar-refractivity contribution in [2.45, 2.75) is 12.2 Å². The van der Waals surface area contributed by atoms with Crippen molar-refractivity contribution < 1.29 is 4.74 Å². The third-order valence-electron chi connectivity index (χ3n) is 1.79. The molecule has 2 atom stereocenters. The van der Waals surface area contributed by atoms with Crippen LogP contribution in [0.25, 0.3) is 0 Å². The van der Waals surface area contributed by atoms with Gasteiger partial charge in [0.1, 0.15) is 12.2 Å². The van der Waals surface area contributed by atoms with Gasteiger partial charge in [0, 0.05) is 12.4 Å². The minimum atomic E-state index is 0.220. The largest absolute Gasteiger partial charge is 0.360 e. The van der Waals surface area contributed by atoms with Crippen LogP contribution in [0.3, 0.4) is 0 Å². The van der Waals surface area contributed by atoms with Crippen molar-refractivity contribution in [3.8, 4) is 0 Å². The number of rotatable bonds is 2. The molecule has 0 amide bonds. The standard InChI is InChI=1S/C9H9NO/c1-2-8-9(11-8)7-3-5-10-6-4-7/h2-6,8-9H,1H2/t8-,9+/m0/s1. The van der Waals surface area contributed by atoms with Gasteiger partial charge < -0.3 is 4.74 Å². The van der Waals surface area contributed by atoms with Crippen LogP contribution in [0.2, 0.25) is 0 Å². The highest BCUT2D eigenvalue weighted by Crippen LogP contribution is 2.38. The molecular formula is C9H9NO. The summed E-state index contributed by atoms with van der Waals surface area (Å²) in [4.78, 5) is 3.93. The van der Waals surface area contributed by atoms with Crippen molar-refractivity contribution in [3.63, 3.8) is 0 Å². The van der Waals surface area contributed by atoms with E-state index in [1.54, 1.807) is 12.4 Å². The van der Waals surface area contributed by atoms with Crippen LogP contribution in [0, 0.1) is 0 Å². The minimum absolute atomic E-state index is 0.220. The van der Waals surface area contributed by atoms with Gasteiger partial charge in [-0.3, -0.25) is 4.98 Å². The zero-order chi connectivity index (χ0) is 7.68. The third-order valence-corrected chi connectivity index (χ3v) is 1.79. The van der Waals surface area contributed by atoms with E-state index in [9.17, 15) is 0 Å². The average Bonchev–Trinajstić information content (AvgIpc) is 2.85. The molecule has 1 aromatic rings. The maximum Gasteiger partial charge on any atom is 0.113 e. The van der Waals surface area contributed by atoms with Crippen molar-refractivity contribution in [1.82, 2.24) is 4.98 Å². The maximum atomic E-state index is 5.31. The van der Waals surface area contributed by atoms with Crippen molar-refractivity contribution >= 4 is 0 Å². The highest BCUT2D eigenvalue weighted by atomic mass is 16.6. The molecule has 1 saturated heterocycles. The van der Waals surface area contributed by atoms with Crippen molar-refractivity contribution in [1.29, 1.82) is 0 Å². The van der Waals surface area contributed by atoms with Crippen LogP contribution in [-0.4, -0.2) is 11.1 Å². The lowest BCUT2D eigenvalue weighted by molar-refractivity contribution is 0.394. The molecule has 0 spiro atoms. The van der Waals surface area contributed by atoms with E-state index in [4.69, 9.17) is 4.74 Å². The maximum absolute atomic E-state index is 5.31. The first-order chi connectivity index (χ1) is 5.42. The summed E-state index contributed by atoms with van der Waals surface area (Å²) in [6, 6.07) is 3.93. The van der Waals surface area contributed by atoms with Crippen LogP contribution < -0.4 is 0 Å². The Morgan fingerprint density at radius 2 is 2.18 bits per heavy atom. The second-order valence-corrected chi connectivity index (χ2v) is 2.54. The monoisotopic (exact) mass is 147 g/mol.